The maximum absolute atomic E-state index is 3.86. The Morgan fingerprint density at radius 3 is 1.29 bits per heavy atom. The van der Waals surface area contributed by atoms with Crippen LogP contribution >= 0.6 is 0 Å². The second kappa shape index (κ2) is 6.94. The maximum atomic E-state index is 3.86. The van der Waals surface area contributed by atoms with Crippen molar-refractivity contribution < 1.29 is 0 Å². The third kappa shape index (κ3) is 3.97. The zero-order chi connectivity index (χ0) is 8.93. The molecule has 1 N–H and O–H groups in total. The summed E-state index contributed by atoms with van der Waals surface area (Å²) >= 11 is 0. The third-order valence-corrected chi connectivity index (χ3v) is 3.68. The van der Waals surface area contributed by atoms with E-state index in [2.05, 4.69) is 5.32 Å². The van der Waals surface area contributed by atoms with E-state index in [0.717, 1.165) is 12.1 Å². The van der Waals surface area contributed by atoms with Crippen LogP contribution in [-0.4, -0.2) is 30.9 Å². The van der Waals surface area contributed by atoms with Gasteiger partial charge in [-0.25, -0.2) is 0 Å². The van der Waals surface area contributed by atoms with E-state index in [-0.39, 0.29) is 18.9 Å². The van der Waals surface area contributed by atoms with Crippen LogP contribution in [0.3, 0.4) is 0 Å². The van der Waals surface area contributed by atoms with Crippen LogP contribution in [0.25, 0.3) is 0 Å². The first kappa shape index (κ1) is 12.6. The normalized spacial score (nSPS) is 25.7. The molecule has 0 unspecified atom stereocenters. The Morgan fingerprint density at radius 1 is 0.571 bits per heavy atom. The molecule has 0 amide bonds. The Kier molecular flexibility index (Phi) is 6.25. The van der Waals surface area contributed by atoms with Crippen molar-refractivity contribution in [2.75, 3.05) is 0 Å². The monoisotopic (exact) mass is 189 g/mol. The molecule has 0 aliphatic heterocycles. The van der Waals surface area contributed by atoms with E-state index in [9.17, 15) is 0 Å². The Hall–Kier alpha value is 0.557. The number of hydrogen-bond acceptors (Lipinski definition) is 1. The molecule has 0 aromatic carbocycles. The molecule has 0 radical (unpaired) electrons. The predicted octanol–water partition coefficient (Wildman–Crippen LogP) is 2.59. The van der Waals surface area contributed by atoms with Crippen LogP contribution in [0.2, 0.25) is 0 Å². The van der Waals surface area contributed by atoms with Crippen molar-refractivity contribution in [3.8, 4) is 0 Å². The van der Waals surface area contributed by atoms with E-state index in [1.165, 1.54) is 64.2 Å². The molecule has 2 aliphatic carbocycles. The van der Waals surface area contributed by atoms with Gasteiger partial charge in [-0.05, 0) is 25.7 Å². The van der Waals surface area contributed by atoms with Gasteiger partial charge in [-0.1, -0.05) is 38.5 Å². The van der Waals surface area contributed by atoms with E-state index < -0.39 is 0 Å². The molecule has 78 valence electrons. The number of nitrogens with one attached hydrogen (secondary N) is 1. The van der Waals surface area contributed by atoms with Crippen molar-refractivity contribution in [1.29, 1.82) is 0 Å². The summed E-state index contributed by atoms with van der Waals surface area (Å²) in [7, 11) is 0. The van der Waals surface area contributed by atoms with Gasteiger partial charge in [-0.3, -0.25) is 0 Å². The molecule has 2 fully saturated rings. The van der Waals surface area contributed by atoms with Crippen LogP contribution in [0.4, 0.5) is 0 Å². The number of rotatable bonds is 2. The summed E-state index contributed by atoms with van der Waals surface area (Å²) in [5.74, 6) is 0. The summed E-state index contributed by atoms with van der Waals surface area (Å²) in [6, 6.07) is 1.74. The van der Waals surface area contributed by atoms with Crippen LogP contribution in [0.15, 0.2) is 0 Å². The fraction of sp³-hybridized carbons (Fsp3) is 1.00. The van der Waals surface area contributed by atoms with Gasteiger partial charge in [0.05, 0.1) is 0 Å². The van der Waals surface area contributed by atoms with Crippen molar-refractivity contribution >= 4 is 18.9 Å². The van der Waals surface area contributed by atoms with Gasteiger partial charge < -0.3 is 5.32 Å². The van der Waals surface area contributed by atoms with Crippen molar-refractivity contribution in [1.82, 2.24) is 5.32 Å². The second-order valence-corrected chi connectivity index (χ2v) is 4.84. The summed E-state index contributed by atoms with van der Waals surface area (Å²) in [5, 5.41) is 3.86. The van der Waals surface area contributed by atoms with Crippen molar-refractivity contribution in [3.63, 3.8) is 0 Å². The summed E-state index contributed by atoms with van der Waals surface area (Å²) in [5.41, 5.74) is 0. The Balaban J connectivity index is 0.000000980. The fourth-order valence-corrected chi connectivity index (χ4v) is 2.87. The average molecular weight is 189 g/mol. The van der Waals surface area contributed by atoms with E-state index in [0.29, 0.717) is 0 Å². The van der Waals surface area contributed by atoms with Crippen LogP contribution in [0.1, 0.15) is 64.2 Å². The Bertz CT molecular complexity index is 121. The van der Waals surface area contributed by atoms with Gasteiger partial charge >= 0.3 is 18.9 Å². The first-order valence-corrected chi connectivity index (χ1v) is 6.21. The molecule has 2 aliphatic rings. The molecule has 0 bridgehead atoms. The Labute approximate surface area is 101 Å². The SMILES string of the molecule is C1CCC(NC2CCCCC2)CC1.[LiH]. The van der Waals surface area contributed by atoms with Crippen molar-refractivity contribution in [2.24, 2.45) is 0 Å². The van der Waals surface area contributed by atoms with Gasteiger partial charge in [0.2, 0.25) is 0 Å². The minimum absolute atomic E-state index is 0. The molecule has 2 heteroatoms. The molecule has 0 aromatic heterocycles. The van der Waals surface area contributed by atoms with Crippen LogP contribution in [0.5, 0.6) is 0 Å². The van der Waals surface area contributed by atoms with E-state index in [1.807, 2.05) is 0 Å². The molecule has 2 saturated carbocycles. The van der Waals surface area contributed by atoms with Crippen LogP contribution < -0.4 is 5.32 Å². The second-order valence-electron chi connectivity index (χ2n) is 4.84. The first-order valence-electron chi connectivity index (χ1n) is 6.21. The summed E-state index contributed by atoms with van der Waals surface area (Å²) in [6.07, 6.45) is 14.6. The van der Waals surface area contributed by atoms with Crippen LogP contribution in [-0.2, 0) is 0 Å². The zero-order valence-electron chi connectivity index (χ0n) is 8.73. The van der Waals surface area contributed by atoms with Gasteiger partial charge in [0.1, 0.15) is 0 Å². The van der Waals surface area contributed by atoms with Crippen molar-refractivity contribution in [2.45, 2.75) is 76.3 Å². The predicted molar refractivity (Wildman–Crippen MR) is 64.0 cm³/mol. The molecule has 2 rings (SSSR count). The van der Waals surface area contributed by atoms with Gasteiger partial charge in [-0.2, -0.15) is 0 Å². The molecule has 0 spiro atoms. The van der Waals surface area contributed by atoms with Crippen LogP contribution in [0, 0.1) is 0 Å². The van der Waals surface area contributed by atoms with Gasteiger partial charge in [0.15, 0.2) is 0 Å². The quantitative estimate of drug-likeness (QED) is 0.658. The summed E-state index contributed by atoms with van der Waals surface area (Å²) < 4.78 is 0. The molecular weight excluding hydrogens is 165 g/mol. The van der Waals surface area contributed by atoms with Crippen molar-refractivity contribution in [3.05, 3.63) is 0 Å². The third-order valence-electron chi connectivity index (χ3n) is 3.68. The average Bonchev–Trinajstić information content (AvgIpc) is 2.21. The standard InChI is InChI=1S/C12H23N.Li.H/c1-3-7-11(8-4-1)13-12-9-5-2-6-10-12;;/h11-13H,1-10H2;;. The molecule has 0 saturated heterocycles. The molecule has 0 aromatic rings. The minimum atomic E-state index is 0. The number of hydrogen-bond donors (Lipinski definition) is 1. The van der Waals surface area contributed by atoms with Gasteiger partial charge in [0.25, 0.3) is 0 Å². The van der Waals surface area contributed by atoms with Gasteiger partial charge in [-0.15, -0.1) is 0 Å². The molecule has 0 heterocycles. The molecule has 1 nitrogen and oxygen atoms in total. The summed E-state index contributed by atoms with van der Waals surface area (Å²) in [4.78, 5) is 0. The topological polar surface area (TPSA) is 12.0 Å². The fourth-order valence-electron chi connectivity index (χ4n) is 2.87. The molecular formula is C12H24LiN. The van der Waals surface area contributed by atoms with E-state index >= 15 is 0 Å². The zero-order valence-corrected chi connectivity index (χ0v) is 8.73. The van der Waals surface area contributed by atoms with E-state index in [4.69, 9.17) is 0 Å². The first-order chi connectivity index (χ1) is 6.45. The van der Waals surface area contributed by atoms with Gasteiger partial charge in [0, 0.05) is 12.1 Å². The van der Waals surface area contributed by atoms with E-state index in [1.54, 1.807) is 0 Å². The summed E-state index contributed by atoms with van der Waals surface area (Å²) in [6.45, 7) is 0. The Morgan fingerprint density at radius 2 is 0.929 bits per heavy atom. The molecule has 14 heavy (non-hydrogen) atoms. The molecule has 0 atom stereocenters.